The Kier molecular flexibility index (Phi) is 3.33. The maximum atomic E-state index is 12.6. The van der Waals surface area contributed by atoms with E-state index in [0.717, 1.165) is 6.07 Å². The molecule has 1 aromatic carbocycles. The second-order valence-electron chi connectivity index (χ2n) is 4.64. The Morgan fingerprint density at radius 2 is 1.90 bits per heavy atom. The van der Waals surface area contributed by atoms with Crippen molar-refractivity contribution in [1.29, 1.82) is 0 Å². The first-order valence-corrected chi connectivity index (χ1v) is 7.06. The number of halogens is 3. The summed E-state index contributed by atoms with van der Waals surface area (Å²) in [6.07, 6.45) is -2.70. The SMILES string of the molecule is O=c1ccn(Cc2csc(C(F)(F)F)c2)c2ccccc12. The van der Waals surface area contributed by atoms with Crippen molar-refractivity contribution in [3.63, 3.8) is 0 Å². The molecule has 0 aliphatic heterocycles. The van der Waals surface area contributed by atoms with E-state index in [0.29, 0.717) is 34.3 Å². The van der Waals surface area contributed by atoms with Gasteiger partial charge in [-0.3, -0.25) is 4.79 Å². The van der Waals surface area contributed by atoms with Gasteiger partial charge in [-0.2, -0.15) is 13.2 Å². The van der Waals surface area contributed by atoms with E-state index in [2.05, 4.69) is 0 Å². The van der Waals surface area contributed by atoms with Crippen LogP contribution < -0.4 is 5.43 Å². The molecule has 0 bridgehead atoms. The van der Waals surface area contributed by atoms with E-state index in [1.165, 1.54) is 11.4 Å². The molecule has 3 aromatic rings. The van der Waals surface area contributed by atoms with Crippen LogP contribution >= 0.6 is 11.3 Å². The summed E-state index contributed by atoms with van der Waals surface area (Å²) in [6.45, 7) is 0.299. The van der Waals surface area contributed by atoms with Crippen LogP contribution in [0.15, 0.2) is 52.8 Å². The minimum Gasteiger partial charge on any atom is -0.343 e. The largest absolute Gasteiger partial charge is 0.425 e. The van der Waals surface area contributed by atoms with Gasteiger partial charge in [0.2, 0.25) is 0 Å². The highest BCUT2D eigenvalue weighted by Gasteiger charge is 2.32. The van der Waals surface area contributed by atoms with Gasteiger partial charge in [-0.05, 0) is 29.1 Å². The fraction of sp³-hybridized carbons (Fsp3) is 0.133. The van der Waals surface area contributed by atoms with Gasteiger partial charge < -0.3 is 4.57 Å². The number of hydrogen-bond acceptors (Lipinski definition) is 2. The minimum atomic E-state index is -4.31. The number of aromatic nitrogens is 1. The first-order chi connectivity index (χ1) is 9.95. The zero-order chi connectivity index (χ0) is 15.0. The number of alkyl halides is 3. The Morgan fingerprint density at radius 1 is 1.14 bits per heavy atom. The van der Waals surface area contributed by atoms with Crippen LogP contribution in [0.2, 0.25) is 0 Å². The number of thiophene rings is 1. The number of rotatable bonds is 2. The average molecular weight is 309 g/mol. The summed E-state index contributed by atoms with van der Waals surface area (Å²) < 4.78 is 39.6. The van der Waals surface area contributed by atoms with Gasteiger partial charge in [0.25, 0.3) is 0 Å². The van der Waals surface area contributed by atoms with Crippen LogP contribution in [0.5, 0.6) is 0 Å². The van der Waals surface area contributed by atoms with Gasteiger partial charge in [-0.1, -0.05) is 12.1 Å². The van der Waals surface area contributed by atoms with Crippen molar-refractivity contribution < 1.29 is 13.2 Å². The molecule has 0 aliphatic carbocycles. The standard InChI is InChI=1S/C15H10F3NOS/c16-15(17,18)14-7-10(9-21-14)8-19-6-5-13(20)11-3-1-2-4-12(11)19/h1-7,9H,8H2. The molecule has 0 fully saturated rings. The van der Waals surface area contributed by atoms with Gasteiger partial charge >= 0.3 is 6.18 Å². The maximum Gasteiger partial charge on any atom is 0.425 e. The van der Waals surface area contributed by atoms with E-state index in [-0.39, 0.29) is 5.43 Å². The molecule has 0 amide bonds. The molecule has 0 radical (unpaired) electrons. The number of benzene rings is 1. The number of pyridine rings is 1. The molecule has 0 saturated carbocycles. The highest BCUT2D eigenvalue weighted by Crippen LogP contribution is 2.34. The van der Waals surface area contributed by atoms with Crippen LogP contribution in [0.25, 0.3) is 10.9 Å². The molecule has 21 heavy (non-hydrogen) atoms. The summed E-state index contributed by atoms with van der Waals surface area (Å²) in [6, 6.07) is 9.64. The van der Waals surface area contributed by atoms with Gasteiger partial charge in [0.05, 0.1) is 5.52 Å². The fourth-order valence-electron chi connectivity index (χ4n) is 2.20. The Hall–Kier alpha value is -2.08. The van der Waals surface area contributed by atoms with Crippen molar-refractivity contribution in [2.75, 3.05) is 0 Å². The van der Waals surface area contributed by atoms with Crippen molar-refractivity contribution in [2.45, 2.75) is 12.7 Å². The van der Waals surface area contributed by atoms with Crippen LogP contribution in [-0.2, 0) is 12.7 Å². The number of para-hydroxylation sites is 1. The first kappa shape index (κ1) is 13.9. The van der Waals surface area contributed by atoms with E-state index in [1.54, 1.807) is 35.0 Å². The quantitative estimate of drug-likeness (QED) is 0.697. The summed E-state index contributed by atoms with van der Waals surface area (Å²) >= 11 is 0.684. The van der Waals surface area contributed by atoms with Crippen LogP contribution in [0.1, 0.15) is 10.4 Å². The molecule has 3 rings (SSSR count). The van der Waals surface area contributed by atoms with Crippen molar-refractivity contribution in [1.82, 2.24) is 4.57 Å². The summed E-state index contributed by atoms with van der Waals surface area (Å²) in [5, 5.41) is 2.06. The number of fused-ring (bicyclic) bond motifs is 1. The van der Waals surface area contributed by atoms with Gasteiger partial charge in [0, 0.05) is 24.2 Å². The highest BCUT2D eigenvalue weighted by atomic mass is 32.1. The molecule has 0 spiro atoms. The fourth-order valence-corrected chi connectivity index (χ4v) is 2.98. The Morgan fingerprint density at radius 3 is 2.62 bits per heavy atom. The molecule has 0 N–H and O–H groups in total. The van der Waals surface area contributed by atoms with Gasteiger partial charge in [0.15, 0.2) is 5.43 Å². The van der Waals surface area contributed by atoms with Crippen LogP contribution in [0.4, 0.5) is 13.2 Å². The first-order valence-electron chi connectivity index (χ1n) is 6.18. The van der Waals surface area contributed by atoms with E-state index in [1.807, 2.05) is 0 Å². The molecule has 2 aromatic heterocycles. The average Bonchev–Trinajstić information content (AvgIpc) is 2.91. The van der Waals surface area contributed by atoms with Crippen LogP contribution in [-0.4, -0.2) is 4.57 Å². The Bertz CT molecular complexity index is 848. The number of nitrogens with zero attached hydrogens (tertiary/aromatic N) is 1. The van der Waals surface area contributed by atoms with E-state index in [9.17, 15) is 18.0 Å². The van der Waals surface area contributed by atoms with Crippen molar-refractivity contribution >= 4 is 22.2 Å². The predicted octanol–water partition coefficient (Wildman–Crippen LogP) is 4.13. The molecule has 2 nitrogen and oxygen atoms in total. The lowest BCUT2D eigenvalue weighted by Crippen LogP contribution is -2.08. The van der Waals surface area contributed by atoms with Gasteiger partial charge in [0.1, 0.15) is 4.88 Å². The molecule has 0 saturated heterocycles. The highest BCUT2D eigenvalue weighted by molar-refractivity contribution is 7.10. The second-order valence-corrected chi connectivity index (χ2v) is 5.55. The smallest absolute Gasteiger partial charge is 0.343 e. The van der Waals surface area contributed by atoms with Crippen molar-refractivity contribution in [2.24, 2.45) is 0 Å². The zero-order valence-corrected chi connectivity index (χ0v) is 11.5. The summed E-state index contributed by atoms with van der Waals surface area (Å²) in [7, 11) is 0. The molecule has 0 unspecified atom stereocenters. The predicted molar refractivity (Wildman–Crippen MR) is 76.6 cm³/mol. The van der Waals surface area contributed by atoms with E-state index < -0.39 is 11.1 Å². The molecule has 0 atom stereocenters. The van der Waals surface area contributed by atoms with Gasteiger partial charge in [-0.15, -0.1) is 11.3 Å². The second kappa shape index (κ2) is 5.04. The molecule has 0 aliphatic rings. The lowest BCUT2D eigenvalue weighted by atomic mass is 10.2. The molecule has 6 heteroatoms. The minimum absolute atomic E-state index is 0.0943. The van der Waals surface area contributed by atoms with Crippen molar-refractivity contribution in [3.8, 4) is 0 Å². The third kappa shape index (κ3) is 2.71. The maximum absolute atomic E-state index is 12.6. The van der Waals surface area contributed by atoms with Crippen LogP contribution in [0.3, 0.4) is 0 Å². The van der Waals surface area contributed by atoms with Gasteiger partial charge in [-0.25, -0.2) is 0 Å². The third-order valence-corrected chi connectivity index (χ3v) is 4.19. The normalized spacial score (nSPS) is 12.0. The van der Waals surface area contributed by atoms with Crippen molar-refractivity contribution in [3.05, 3.63) is 68.6 Å². The van der Waals surface area contributed by atoms with E-state index >= 15 is 0 Å². The molecule has 2 heterocycles. The zero-order valence-electron chi connectivity index (χ0n) is 10.7. The molecular formula is C15H10F3NOS. The lowest BCUT2D eigenvalue weighted by Gasteiger charge is -2.09. The van der Waals surface area contributed by atoms with E-state index in [4.69, 9.17) is 0 Å². The third-order valence-electron chi connectivity index (χ3n) is 3.17. The molecular weight excluding hydrogens is 299 g/mol. The van der Waals surface area contributed by atoms with Crippen LogP contribution in [0, 0.1) is 0 Å². The monoisotopic (exact) mass is 309 g/mol. The summed E-state index contributed by atoms with van der Waals surface area (Å²) in [5.41, 5.74) is 1.19. The summed E-state index contributed by atoms with van der Waals surface area (Å²) in [5.74, 6) is 0. The molecule has 108 valence electrons. The Balaban J connectivity index is 2.01. The topological polar surface area (TPSA) is 22.0 Å². The lowest BCUT2D eigenvalue weighted by molar-refractivity contribution is -0.134. The summed E-state index contributed by atoms with van der Waals surface area (Å²) in [4.78, 5) is 11.2. The number of hydrogen-bond donors (Lipinski definition) is 0. The Labute approximate surface area is 122 Å².